The molecule has 0 aliphatic carbocycles. The highest BCUT2D eigenvalue weighted by molar-refractivity contribution is 5.74. The maximum atomic E-state index is 12.6. The molecule has 1 atom stereocenters. The minimum absolute atomic E-state index is 0.101. The van der Waals surface area contributed by atoms with E-state index in [4.69, 9.17) is 4.52 Å². The lowest BCUT2D eigenvalue weighted by atomic mass is 10.1. The third-order valence-electron chi connectivity index (χ3n) is 5.06. The second-order valence-electron chi connectivity index (χ2n) is 7.09. The highest BCUT2D eigenvalue weighted by Gasteiger charge is 2.35. The third kappa shape index (κ3) is 4.46. The smallest absolute Gasteiger partial charge is 0.318 e. The summed E-state index contributed by atoms with van der Waals surface area (Å²) in [5.74, 6) is 1.00. The second kappa shape index (κ2) is 8.87. The van der Waals surface area contributed by atoms with Crippen LogP contribution in [0.15, 0.2) is 65.2 Å². The van der Waals surface area contributed by atoms with Crippen LogP contribution in [0.2, 0.25) is 0 Å². The van der Waals surface area contributed by atoms with Gasteiger partial charge >= 0.3 is 6.03 Å². The van der Waals surface area contributed by atoms with Crippen LogP contribution in [0.25, 0.3) is 11.4 Å². The van der Waals surface area contributed by atoms with E-state index < -0.39 is 0 Å². The molecule has 1 saturated heterocycles. The molecule has 0 spiro atoms. The van der Waals surface area contributed by atoms with Gasteiger partial charge in [0.05, 0.1) is 0 Å². The first-order chi connectivity index (χ1) is 14.2. The van der Waals surface area contributed by atoms with Gasteiger partial charge in [-0.25, -0.2) is 4.79 Å². The summed E-state index contributed by atoms with van der Waals surface area (Å²) in [5, 5.41) is 7.04. The summed E-state index contributed by atoms with van der Waals surface area (Å²) < 4.78 is 5.61. The summed E-state index contributed by atoms with van der Waals surface area (Å²) in [6.45, 7) is 5.35. The molecule has 4 rings (SSSR count). The third-order valence-corrected chi connectivity index (χ3v) is 5.06. The predicted octanol–water partition coefficient (Wildman–Crippen LogP) is 3.33. The van der Waals surface area contributed by atoms with E-state index in [2.05, 4.69) is 32.5 Å². The summed E-state index contributed by atoms with van der Waals surface area (Å²) in [6.07, 6.45) is 0. The number of urea groups is 1. The Morgan fingerprint density at radius 3 is 2.55 bits per heavy atom. The van der Waals surface area contributed by atoms with Gasteiger partial charge in [-0.1, -0.05) is 65.8 Å². The Kier molecular flexibility index (Phi) is 5.86. The quantitative estimate of drug-likeness (QED) is 0.722. The van der Waals surface area contributed by atoms with E-state index in [9.17, 15) is 4.79 Å². The first kappa shape index (κ1) is 19.1. The van der Waals surface area contributed by atoms with Gasteiger partial charge in [0.2, 0.25) is 5.82 Å². The lowest BCUT2D eigenvalue weighted by Crippen LogP contribution is -2.53. The summed E-state index contributed by atoms with van der Waals surface area (Å²) in [6, 6.07) is 19.7. The highest BCUT2D eigenvalue weighted by atomic mass is 16.5. The van der Waals surface area contributed by atoms with E-state index in [0.717, 1.165) is 18.7 Å². The fraction of sp³-hybridized carbons (Fsp3) is 0.318. The van der Waals surface area contributed by atoms with Crippen LogP contribution >= 0.6 is 0 Å². The minimum Gasteiger partial charge on any atom is -0.338 e. The lowest BCUT2D eigenvalue weighted by Gasteiger charge is -2.39. The number of aromatic nitrogens is 2. The largest absolute Gasteiger partial charge is 0.338 e. The molecule has 2 aromatic carbocycles. The molecule has 29 heavy (non-hydrogen) atoms. The number of hydrogen-bond acceptors (Lipinski definition) is 5. The van der Waals surface area contributed by atoms with Crippen LogP contribution in [0.4, 0.5) is 4.79 Å². The molecule has 1 aromatic heterocycles. The molecule has 0 radical (unpaired) electrons. The van der Waals surface area contributed by atoms with Crippen LogP contribution in [-0.2, 0) is 6.54 Å². The van der Waals surface area contributed by atoms with Crippen molar-refractivity contribution in [3.8, 4) is 11.4 Å². The standard InChI is InChI=1S/C22H25N5O2/c1-2-23-22(28)27-14-13-26(15-17-9-5-3-6-10-17)16-19(27)21-24-20(25-29-21)18-11-7-4-8-12-18/h3-12,19H,2,13-16H2,1H3,(H,23,28). The zero-order valence-corrected chi connectivity index (χ0v) is 16.5. The van der Waals surface area contributed by atoms with Crippen molar-refractivity contribution in [1.82, 2.24) is 25.3 Å². The zero-order valence-electron chi connectivity index (χ0n) is 16.5. The average Bonchev–Trinajstić information content (AvgIpc) is 3.25. The Bertz CT molecular complexity index is 929. The Hall–Kier alpha value is -3.19. The number of nitrogens with one attached hydrogen (secondary N) is 1. The molecule has 150 valence electrons. The Balaban J connectivity index is 1.57. The minimum atomic E-state index is -0.288. The Morgan fingerprint density at radius 1 is 1.10 bits per heavy atom. The predicted molar refractivity (Wildman–Crippen MR) is 110 cm³/mol. The molecule has 3 aromatic rings. The van der Waals surface area contributed by atoms with E-state index in [1.165, 1.54) is 5.56 Å². The van der Waals surface area contributed by atoms with Gasteiger partial charge in [0.15, 0.2) is 0 Å². The van der Waals surface area contributed by atoms with Crippen molar-refractivity contribution >= 4 is 6.03 Å². The van der Waals surface area contributed by atoms with E-state index in [1.54, 1.807) is 4.90 Å². The van der Waals surface area contributed by atoms with Crippen molar-refractivity contribution in [2.45, 2.75) is 19.5 Å². The number of piperazine rings is 1. The molecule has 1 fully saturated rings. The molecule has 1 aliphatic rings. The van der Waals surface area contributed by atoms with E-state index in [1.807, 2.05) is 55.5 Å². The molecule has 1 N–H and O–H groups in total. The summed E-state index contributed by atoms with van der Waals surface area (Å²) in [5.41, 5.74) is 2.14. The summed E-state index contributed by atoms with van der Waals surface area (Å²) >= 11 is 0. The van der Waals surface area contributed by atoms with Gasteiger partial charge in [0, 0.05) is 38.3 Å². The van der Waals surface area contributed by atoms with Gasteiger partial charge in [-0.05, 0) is 12.5 Å². The number of rotatable bonds is 5. The molecular formula is C22H25N5O2. The maximum Gasteiger partial charge on any atom is 0.318 e. The molecular weight excluding hydrogens is 366 g/mol. The molecule has 2 amide bonds. The SMILES string of the molecule is CCNC(=O)N1CCN(Cc2ccccc2)CC1c1nc(-c2ccccc2)no1. The van der Waals surface area contributed by atoms with E-state index in [0.29, 0.717) is 31.3 Å². The second-order valence-corrected chi connectivity index (χ2v) is 7.09. The van der Waals surface area contributed by atoms with Crippen molar-refractivity contribution in [2.75, 3.05) is 26.2 Å². The van der Waals surface area contributed by atoms with Crippen molar-refractivity contribution in [3.05, 3.63) is 72.1 Å². The van der Waals surface area contributed by atoms with Crippen LogP contribution in [0.3, 0.4) is 0 Å². The van der Waals surface area contributed by atoms with Crippen molar-refractivity contribution in [3.63, 3.8) is 0 Å². The number of hydrogen-bond donors (Lipinski definition) is 1. The van der Waals surface area contributed by atoms with Gasteiger partial charge in [-0.3, -0.25) is 4.90 Å². The zero-order chi connectivity index (χ0) is 20.1. The first-order valence-electron chi connectivity index (χ1n) is 9.94. The van der Waals surface area contributed by atoms with Gasteiger partial charge in [0.25, 0.3) is 5.89 Å². The monoisotopic (exact) mass is 391 g/mol. The molecule has 7 nitrogen and oxygen atoms in total. The fourth-order valence-corrected chi connectivity index (χ4v) is 3.61. The maximum absolute atomic E-state index is 12.6. The van der Waals surface area contributed by atoms with Crippen LogP contribution in [-0.4, -0.2) is 52.2 Å². The number of benzene rings is 2. The van der Waals surface area contributed by atoms with Crippen LogP contribution in [0, 0.1) is 0 Å². The van der Waals surface area contributed by atoms with Gasteiger partial charge < -0.3 is 14.7 Å². The molecule has 0 bridgehead atoms. The molecule has 1 aliphatic heterocycles. The summed E-state index contributed by atoms with van der Waals surface area (Å²) in [7, 11) is 0. The highest BCUT2D eigenvalue weighted by Crippen LogP contribution is 2.27. The number of carbonyl (C=O) groups excluding carboxylic acids is 1. The summed E-state index contributed by atoms with van der Waals surface area (Å²) in [4.78, 5) is 21.4. The fourth-order valence-electron chi connectivity index (χ4n) is 3.61. The topological polar surface area (TPSA) is 74.5 Å². The lowest BCUT2D eigenvalue weighted by molar-refractivity contribution is 0.0736. The van der Waals surface area contributed by atoms with Gasteiger partial charge in [0.1, 0.15) is 6.04 Å². The molecule has 2 heterocycles. The Morgan fingerprint density at radius 2 is 1.83 bits per heavy atom. The molecule has 0 saturated carbocycles. The van der Waals surface area contributed by atoms with Crippen LogP contribution in [0.1, 0.15) is 24.4 Å². The number of nitrogens with zero attached hydrogens (tertiary/aromatic N) is 4. The van der Waals surface area contributed by atoms with Gasteiger partial charge in [-0.15, -0.1) is 0 Å². The average molecular weight is 391 g/mol. The van der Waals surface area contributed by atoms with Crippen LogP contribution < -0.4 is 5.32 Å². The molecule has 7 heteroatoms. The Labute approximate surface area is 170 Å². The van der Waals surface area contributed by atoms with Crippen LogP contribution in [0.5, 0.6) is 0 Å². The number of amides is 2. The van der Waals surface area contributed by atoms with E-state index in [-0.39, 0.29) is 12.1 Å². The van der Waals surface area contributed by atoms with Gasteiger partial charge in [-0.2, -0.15) is 4.98 Å². The first-order valence-corrected chi connectivity index (χ1v) is 9.94. The van der Waals surface area contributed by atoms with Crippen molar-refractivity contribution < 1.29 is 9.32 Å². The van der Waals surface area contributed by atoms with Crippen molar-refractivity contribution in [2.24, 2.45) is 0 Å². The normalized spacial score (nSPS) is 17.3. The van der Waals surface area contributed by atoms with E-state index >= 15 is 0 Å². The number of carbonyl (C=O) groups is 1. The molecule has 1 unspecified atom stereocenters. The van der Waals surface area contributed by atoms with Crippen molar-refractivity contribution in [1.29, 1.82) is 0 Å².